The van der Waals surface area contributed by atoms with E-state index < -0.39 is 11.8 Å². The first-order chi connectivity index (χ1) is 23.6. The molecule has 0 heterocycles. The zero-order valence-corrected chi connectivity index (χ0v) is 28.4. The number of nitrogens with zero attached hydrogens (tertiary/aromatic N) is 2. The lowest BCUT2D eigenvalue weighted by molar-refractivity contribution is -0.120. The highest BCUT2D eigenvalue weighted by atomic mass is 16.2. The summed E-state index contributed by atoms with van der Waals surface area (Å²) >= 11 is 0. The molecule has 3 aliphatic rings. The SMILES string of the molecule is CCN(CC)c1ccc(N=C2C=CC(=O)C(NC(C)=O)=C2)c(C)c1.CNc1ccc(Nc2ccccc2)c2c1C(=O)C1C=CC=CC1C2=O. The third-order valence-electron chi connectivity index (χ3n) is 8.59. The van der Waals surface area contributed by atoms with E-state index in [1.807, 2.05) is 79.8 Å². The van der Waals surface area contributed by atoms with Crippen LogP contribution in [0.15, 0.2) is 114 Å². The van der Waals surface area contributed by atoms with E-state index in [0.717, 1.165) is 30.0 Å². The fraction of sp³-hybridized carbons (Fsp3) is 0.225. The number of fused-ring (bicyclic) bond motifs is 2. The maximum atomic E-state index is 13.2. The zero-order chi connectivity index (χ0) is 35.1. The molecule has 0 aliphatic heterocycles. The van der Waals surface area contributed by atoms with E-state index in [1.165, 1.54) is 18.7 Å². The molecule has 0 radical (unpaired) electrons. The molecule has 0 spiro atoms. The van der Waals surface area contributed by atoms with E-state index in [9.17, 15) is 19.2 Å². The second-order valence-corrected chi connectivity index (χ2v) is 11.8. The molecule has 9 heteroatoms. The van der Waals surface area contributed by atoms with Gasteiger partial charge in [0.1, 0.15) is 0 Å². The molecule has 3 N–H and O–H groups in total. The lowest BCUT2D eigenvalue weighted by Gasteiger charge is -2.31. The number of anilines is 4. The van der Waals surface area contributed by atoms with Crippen LogP contribution in [-0.2, 0) is 9.59 Å². The van der Waals surface area contributed by atoms with Crippen molar-refractivity contribution in [3.05, 3.63) is 126 Å². The number of carbonyl (C=O) groups excluding carboxylic acids is 4. The summed E-state index contributed by atoms with van der Waals surface area (Å²) < 4.78 is 0. The molecule has 2 unspecified atom stereocenters. The molecular weight excluding hydrogens is 614 g/mol. The Balaban J connectivity index is 0.000000191. The Kier molecular flexibility index (Phi) is 10.8. The highest BCUT2D eigenvalue weighted by Crippen LogP contribution is 2.41. The van der Waals surface area contributed by atoms with Crippen LogP contribution >= 0.6 is 0 Å². The molecule has 0 aromatic heterocycles. The van der Waals surface area contributed by atoms with Gasteiger partial charge in [0.05, 0.1) is 45.7 Å². The summed E-state index contributed by atoms with van der Waals surface area (Å²) in [6.45, 7) is 9.56. The highest BCUT2D eigenvalue weighted by Gasteiger charge is 2.42. The standard InChI is InChI=1S/C21H18N2O2.C19H23N3O2/c1-22-16-11-12-17(23-13-7-3-2-4-8-13)19-18(16)20(24)14-9-5-6-10-15(14)21(19)25;1-5-22(6-2)16-8-9-17(13(3)11-16)21-15-7-10-19(24)18(12-15)20-14(4)23/h2-12,14-15,22-23H,1H3;7-12H,5-6H2,1-4H3,(H,20,23). The number of rotatable bonds is 8. The van der Waals surface area contributed by atoms with Gasteiger partial charge in [0.2, 0.25) is 11.7 Å². The molecule has 0 saturated carbocycles. The molecule has 1 amide bonds. The Morgan fingerprint density at radius 3 is 2.06 bits per heavy atom. The van der Waals surface area contributed by atoms with E-state index in [2.05, 4.69) is 51.8 Å². The topological polar surface area (TPSA) is 120 Å². The highest BCUT2D eigenvalue weighted by molar-refractivity contribution is 6.23. The minimum absolute atomic E-state index is 0.0127. The van der Waals surface area contributed by atoms with Gasteiger partial charge >= 0.3 is 0 Å². The summed E-state index contributed by atoms with van der Waals surface area (Å²) in [4.78, 5) is 56.0. The van der Waals surface area contributed by atoms with Crippen molar-refractivity contribution in [2.45, 2.75) is 27.7 Å². The van der Waals surface area contributed by atoms with Crippen LogP contribution < -0.4 is 20.9 Å². The fourth-order valence-corrected chi connectivity index (χ4v) is 6.11. The minimum Gasteiger partial charge on any atom is -0.388 e. The Morgan fingerprint density at radius 2 is 1.47 bits per heavy atom. The largest absolute Gasteiger partial charge is 0.388 e. The second kappa shape index (κ2) is 15.4. The van der Waals surface area contributed by atoms with Crippen LogP contribution in [0.25, 0.3) is 0 Å². The van der Waals surface area contributed by atoms with Crippen molar-refractivity contribution in [1.82, 2.24) is 5.32 Å². The van der Waals surface area contributed by atoms with Gasteiger partial charge < -0.3 is 20.9 Å². The van der Waals surface area contributed by atoms with Gasteiger partial charge in [-0.25, -0.2) is 4.99 Å². The molecule has 3 aromatic rings. The van der Waals surface area contributed by atoms with Crippen LogP contribution in [-0.4, -0.2) is 49.1 Å². The summed E-state index contributed by atoms with van der Waals surface area (Å²) in [6.07, 6.45) is 12.0. The summed E-state index contributed by atoms with van der Waals surface area (Å²) in [5.41, 5.74) is 7.15. The lowest BCUT2D eigenvalue weighted by atomic mass is 9.71. The van der Waals surface area contributed by atoms with Crippen molar-refractivity contribution in [2.75, 3.05) is 35.7 Å². The van der Waals surface area contributed by atoms with Crippen molar-refractivity contribution in [1.29, 1.82) is 0 Å². The number of Topliss-reactive ketones (excluding diaryl/α,β-unsaturated/α-hetero) is 2. The van der Waals surface area contributed by atoms with Crippen molar-refractivity contribution < 1.29 is 19.2 Å². The van der Waals surface area contributed by atoms with Crippen LogP contribution in [0.2, 0.25) is 0 Å². The van der Waals surface area contributed by atoms with E-state index in [-0.39, 0.29) is 29.0 Å². The Hall–Kier alpha value is -5.83. The van der Waals surface area contributed by atoms with Gasteiger partial charge in [-0.3, -0.25) is 19.2 Å². The van der Waals surface area contributed by atoms with Crippen LogP contribution in [0.4, 0.5) is 28.4 Å². The van der Waals surface area contributed by atoms with Gasteiger partial charge in [-0.2, -0.15) is 0 Å². The summed E-state index contributed by atoms with van der Waals surface area (Å²) in [6, 6.07) is 19.5. The molecule has 6 rings (SSSR count). The molecule has 0 fully saturated rings. The number of para-hydroxylation sites is 1. The third-order valence-corrected chi connectivity index (χ3v) is 8.59. The zero-order valence-electron chi connectivity index (χ0n) is 28.4. The summed E-state index contributed by atoms with van der Waals surface area (Å²) in [7, 11) is 1.76. The number of hydrogen-bond acceptors (Lipinski definition) is 8. The molecule has 3 aromatic carbocycles. The molecule has 3 aliphatic carbocycles. The third kappa shape index (κ3) is 7.67. The average Bonchev–Trinajstić information content (AvgIpc) is 3.10. The summed E-state index contributed by atoms with van der Waals surface area (Å²) in [5, 5.41) is 8.87. The van der Waals surface area contributed by atoms with Gasteiger partial charge in [-0.15, -0.1) is 0 Å². The number of carbonyl (C=O) groups is 4. The van der Waals surface area contributed by atoms with Gasteiger partial charge in [-0.1, -0.05) is 42.5 Å². The predicted octanol–water partition coefficient (Wildman–Crippen LogP) is 7.28. The van der Waals surface area contributed by atoms with E-state index in [1.54, 1.807) is 19.2 Å². The number of aryl methyl sites for hydroxylation is 1. The maximum Gasteiger partial charge on any atom is 0.221 e. The smallest absolute Gasteiger partial charge is 0.221 e. The van der Waals surface area contributed by atoms with E-state index in [0.29, 0.717) is 28.2 Å². The van der Waals surface area contributed by atoms with Crippen molar-refractivity contribution in [3.63, 3.8) is 0 Å². The van der Waals surface area contributed by atoms with Gasteiger partial charge in [0.15, 0.2) is 11.6 Å². The molecule has 9 nitrogen and oxygen atoms in total. The molecule has 49 heavy (non-hydrogen) atoms. The normalized spacial score (nSPS) is 18.2. The number of ketones is 3. The number of amides is 1. The lowest BCUT2D eigenvalue weighted by Crippen LogP contribution is -2.36. The number of aliphatic imine (C=N–C) groups is 1. The van der Waals surface area contributed by atoms with Gasteiger partial charge in [-0.05, 0) is 87.0 Å². The first-order valence-electron chi connectivity index (χ1n) is 16.4. The number of nitrogens with one attached hydrogen (secondary N) is 3. The molecular formula is C40H41N5O4. The van der Waals surface area contributed by atoms with Crippen LogP contribution in [0, 0.1) is 18.8 Å². The van der Waals surface area contributed by atoms with Crippen molar-refractivity contribution in [3.8, 4) is 0 Å². The second-order valence-electron chi connectivity index (χ2n) is 11.8. The molecule has 2 atom stereocenters. The average molecular weight is 656 g/mol. The first kappa shape index (κ1) is 34.5. The van der Waals surface area contributed by atoms with Gasteiger partial charge in [0, 0.05) is 44.1 Å². The molecule has 0 bridgehead atoms. The molecule has 250 valence electrons. The Morgan fingerprint density at radius 1 is 0.837 bits per heavy atom. The monoisotopic (exact) mass is 655 g/mol. The number of hydrogen-bond donors (Lipinski definition) is 3. The van der Waals surface area contributed by atoms with Crippen LogP contribution in [0.1, 0.15) is 47.1 Å². The quantitative estimate of drug-likeness (QED) is 0.218. The van der Waals surface area contributed by atoms with Crippen molar-refractivity contribution >= 4 is 57.4 Å². The predicted molar refractivity (Wildman–Crippen MR) is 198 cm³/mol. The fourth-order valence-electron chi connectivity index (χ4n) is 6.11. The number of benzene rings is 3. The van der Waals surface area contributed by atoms with E-state index >= 15 is 0 Å². The van der Waals surface area contributed by atoms with Crippen LogP contribution in [0.3, 0.4) is 0 Å². The Labute approximate surface area is 287 Å². The number of allylic oxidation sites excluding steroid dienone is 7. The molecule has 0 saturated heterocycles. The minimum atomic E-state index is -0.423. The first-order valence-corrected chi connectivity index (χ1v) is 16.4. The van der Waals surface area contributed by atoms with Crippen LogP contribution in [0.5, 0.6) is 0 Å². The summed E-state index contributed by atoms with van der Waals surface area (Å²) in [5.74, 6) is -1.36. The maximum absolute atomic E-state index is 13.2. The Bertz CT molecular complexity index is 1930. The van der Waals surface area contributed by atoms with Crippen molar-refractivity contribution in [2.24, 2.45) is 16.8 Å². The van der Waals surface area contributed by atoms with Gasteiger partial charge in [0.25, 0.3) is 0 Å². The van der Waals surface area contributed by atoms with E-state index in [4.69, 9.17) is 0 Å².